The molecule has 1 saturated heterocycles. The van der Waals surface area contributed by atoms with E-state index in [0.29, 0.717) is 11.6 Å². The van der Waals surface area contributed by atoms with Crippen molar-refractivity contribution in [3.63, 3.8) is 0 Å². The van der Waals surface area contributed by atoms with Crippen molar-refractivity contribution < 1.29 is 13.7 Å². The highest BCUT2D eigenvalue weighted by molar-refractivity contribution is 8.00. The van der Waals surface area contributed by atoms with E-state index in [1.165, 1.54) is 18.4 Å². The highest BCUT2D eigenvalue weighted by atomic mass is 32.2. The van der Waals surface area contributed by atoms with Gasteiger partial charge in [0, 0.05) is 11.8 Å². The average Bonchev–Trinajstić information content (AvgIpc) is 3.07. The highest BCUT2D eigenvalue weighted by Crippen LogP contribution is 2.43. The smallest absolute Gasteiger partial charge is 0.173 e. The molecule has 3 rings (SSSR count). The lowest BCUT2D eigenvalue weighted by molar-refractivity contribution is -0.108. The number of aldehydes is 1. The van der Waals surface area contributed by atoms with E-state index in [1.807, 2.05) is 4.90 Å². The van der Waals surface area contributed by atoms with Crippen molar-refractivity contribution >= 4 is 23.9 Å². The van der Waals surface area contributed by atoms with Crippen LogP contribution < -0.4 is 4.90 Å². The highest BCUT2D eigenvalue weighted by Gasteiger charge is 2.36. The minimum atomic E-state index is -0.272. The van der Waals surface area contributed by atoms with Crippen molar-refractivity contribution in [2.75, 3.05) is 10.7 Å². The summed E-state index contributed by atoms with van der Waals surface area (Å²) in [5.41, 5.74) is 0.943. The fourth-order valence-electron chi connectivity index (χ4n) is 2.14. The van der Waals surface area contributed by atoms with Crippen LogP contribution in [-0.2, 0) is 4.79 Å². The zero-order valence-electron chi connectivity index (χ0n) is 9.90. The quantitative estimate of drug-likeness (QED) is 0.808. The van der Waals surface area contributed by atoms with E-state index in [9.17, 15) is 9.18 Å². The summed E-state index contributed by atoms with van der Waals surface area (Å²) in [5, 5.41) is 3.84. The molecule has 0 saturated carbocycles. The summed E-state index contributed by atoms with van der Waals surface area (Å²) in [4.78, 5) is 13.1. The van der Waals surface area contributed by atoms with E-state index in [4.69, 9.17) is 4.52 Å². The second-order valence-corrected chi connectivity index (χ2v) is 5.32. The molecule has 0 amide bonds. The number of thioether (sulfide) groups is 1. The molecule has 0 N–H and O–H groups in total. The Morgan fingerprint density at radius 1 is 1.37 bits per heavy atom. The van der Waals surface area contributed by atoms with Crippen LogP contribution in [0.2, 0.25) is 0 Å². The summed E-state index contributed by atoms with van der Waals surface area (Å²) < 4.78 is 17.8. The molecule has 19 heavy (non-hydrogen) atoms. The molecule has 0 radical (unpaired) electrons. The van der Waals surface area contributed by atoms with Crippen LogP contribution in [0.25, 0.3) is 0 Å². The first kappa shape index (κ1) is 12.2. The zero-order valence-corrected chi connectivity index (χ0v) is 10.7. The Hall–Kier alpha value is -1.82. The van der Waals surface area contributed by atoms with Crippen LogP contribution >= 0.6 is 11.8 Å². The second-order valence-electron chi connectivity index (χ2n) is 4.21. The zero-order chi connectivity index (χ0) is 13.2. The number of hydrogen-bond acceptors (Lipinski definition) is 5. The van der Waals surface area contributed by atoms with Gasteiger partial charge < -0.3 is 14.2 Å². The molecule has 1 aromatic carbocycles. The molecule has 0 spiro atoms. The first-order chi connectivity index (χ1) is 9.29. The number of nitrogens with zero attached hydrogens (tertiary/aromatic N) is 2. The van der Waals surface area contributed by atoms with Crippen molar-refractivity contribution in [2.45, 2.75) is 11.4 Å². The first-order valence-corrected chi connectivity index (χ1v) is 6.85. The SMILES string of the molecule is O=CC1CSC(c2ccc(F)cc2)N1c1ccon1. The maximum atomic E-state index is 13.0. The first-order valence-electron chi connectivity index (χ1n) is 5.80. The lowest BCUT2D eigenvalue weighted by Crippen LogP contribution is -2.34. The number of aromatic nitrogens is 1. The van der Waals surface area contributed by atoms with Crippen LogP contribution in [0, 0.1) is 5.82 Å². The number of carbonyl (C=O) groups excluding carboxylic acids is 1. The van der Waals surface area contributed by atoms with Gasteiger partial charge in [-0.2, -0.15) is 0 Å². The van der Waals surface area contributed by atoms with Gasteiger partial charge in [-0.1, -0.05) is 17.3 Å². The molecule has 2 unspecified atom stereocenters. The molecule has 0 bridgehead atoms. The van der Waals surface area contributed by atoms with E-state index in [0.717, 1.165) is 11.8 Å². The van der Waals surface area contributed by atoms with E-state index < -0.39 is 0 Å². The summed E-state index contributed by atoms with van der Waals surface area (Å²) in [6.45, 7) is 0. The Balaban J connectivity index is 1.96. The van der Waals surface area contributed by atoms with Crippen LogP contribution in [0.5, 0.6) is 0 Å². The molecule has 1 aliphatic heterocycles. The number of anilines is 1. The third-order valence-corrected chi connectivity index (χ3v) is 4.38. The lowest BCUT2D eigenvalue weighted by atomic mass is 10.2. The molecule has 1 aliphatic rings. The normalized spacial score (nSPS) is 22.7. The monoisotopic (exact) mass is 278 g/mol. The van der Waals surface area contributed by atoms with E-state index in [1.54, 1.807) is 30.0 Å². The number of rotatable bonds is 3. The second kappa shape index (κ2) is 5.05. The summed E-state index contributed by atoms with van der Waals surface area (Å²) in [6, 6.07) is 7.78. The largest absolute Gasteiger partial charge is 0.363 e. The predicted molar refractivity (Wildman–Crippen MR) is 70.4 cm³/mol. The van der Waals surface area contributed by atoms with Crippen molar-refractivity contribution in [1.29, 1.82) is 0 Å². The fourth-order valence-corrected chi connectivity index (χ4v) is 3.54. The summed E-state index contributed by atoms with van der Waals surface area (Å²) >= 11 is 1.63. The van der Waals surface area contributed by atoms with Gasteiger partial charge in [0.25, 0.3) is 0 Å². The van der Waals surface area contributed by atoms with Gasteiger partial charge in [0.2, 0.25) is 0 Å². The summed E-state index contributed by atoms with van der Waals surface area (Å²) in [6.07, 6.45) is 2.38. The van der Waals surface area contributed by atoms with Crippen molar-refractivity contribution in [3.8, 4) is 0 Å². The van der Waals surface area contributed by atoms with Gasteiger partial charge in [0.05, 0.1) is 6.04 Å². The molecular weight excluding hydrogens is 267 g/mol. The standard InChI is InChI=1S/C13H11FN2O2S/c14-10-3-1-9(2-4-10)13-16(11(7-17)8-19-13)12-5-6-18-15-12/h1-7,11,13H,8H2. The molecule has 2 aromatic rings. The number of halogens is 1. The van der Waals surface area contributed by atoms with Crippen LogP contribution in [0.3, 0.4) is 0 Å². The number of benzene rings is 1. The van der Waals surface area contributed by atoms with Gasteiger partial charge in [0.15, 0.2) is 5.82 Å². The molecule has 1 aromatic heterocycles. The Morgan fingerprint density at radius 3 is 2.79 bits per heavy atom. The average molecular weight is 278 g/mol. The van der Waals surface area contributed by atoms with Crippen LogP contribution in [0.4, 0.5) is 10.2 Å². The third kappa shape index (κ3) is 2.23. The number of hydrogen-bond donors (Lipinski definition) is 0. The Bertz CT molecular complexity index is 559. The summed E-state index contributed by atoms with van der Waals surface area (Å²) in [7, 11) is 0. The molecule has 4 nitrogen and oxygen atoms in total. The molecule has 6 heteroatoms. The van der Waals surface area contributed by atoms with Crippen molar-refractivity contribution in [1.82, 2.24) is 5.16 Å². The lowest BCUT2D eigenvalue weighted by Gasteiger charge is -2.26. The van der Waals surface area contributed by atoms with Gasteiger partial charge >= 0.3 is 0 Å². The minimum absolute atomic E-state index is 0.0547. The van der Waals surface area contributed by atoms with Crippen LogP contribution in [-0.4, -0.2) is 23.2 Å². The van der Waals surface area contributed by atoms with Crippen molar-refractivity contribution in [3.05, 3.63) is 48.0 Å². The Kier molecular flexibility index (Phi) is 3.25. The van der Waals surface area contributed by atoms with E-state index in [-0.39, 0.29) is 17.2 Å². The fraction of sp³-hybridized carbons (Fsp3) is 0.231. The molecular formula is C13H11FN2O2S. The van der Waals surface area contributed by atoms with Gasteiger partial charge in [-0.15, -0.1) is 11.8 Å². The maximum absolute atomic E-state index is 13.0. The molecule has 98 valence electrons. The molecule has 2 heterocycles. The van der Waals surface area contributed by atoms with Crippen molar-refractivity contribution in [2.24, 2.45) is 0 Å². The molecule has 1 fully saturated rings. The van der Waals surface area contributed by atoms with Gasteiger partial charge in [0.1, 0.15) is 23.7 Å². The van der Waals surface area contributed by atoms with E-state index >= 15 is 0 Å². The van der Waals surface area contributed by atoms with Crippen LogP contribution in [0.15, 0.2) is 41.1 Å². The van der Waals surface area contributed by atoms with Gasteiger partial charge in [-0.3, -0.25) is 0 Å². The van der Waals surface area contributed by atoms with Gasteiger partial charge in [-0.05, 0) is 17.7 Å². The third-order valence-electron chi connectivity index (χ3n) is 3.04. The van der Waals surface area contributed by atoms with Crippen LogP contribution in [0.1, 0.15) is 10.9 Å². The Morgan fingerprint density at radius 2 is 2.16 bits per heavy atom. The summed E-state index contributed by atoms with van der Waals surface area (Å²) in [5.74, 6) is 1.03. The van der Waals surface area contributed by atoms with E-state index in [2.05, 4.69) is 5.16 Å². The number of carbonyl (C=O) groups is 1. The Labute approximate surface area is 113 Å². The topological polar surface area (TPSA) is 46.3 Å². The molecule has 2 atom stereocenters. The predicted octanol–water partition coefficient (Wildman–Crippen LogP) is 2.63. The maximum Gasteiger partial charge on any atom is 0.173 e. The molecule has 0 aliphatic carbocycles. The minimum Gasteiger partial charge on any atom is -0.363 e. The van der Waals surface area contributed by atoms with Gasteiger partial charge in [-0.25, -0.2) is 4.39 Å².